The minimum Gasteiger partial charge on any atom is -0.328 e. The topological polar surface area (TPSA) is 60.2 Å². The summed E-state index contributed by atoms with van der Waals surface area (Å²) in [6.07, 6.45) is 7.92. The molecular formula is C10H21NO2S. The summed E-state index contributed by atoms with van der Waals surface area (Å²) in [5.74, 6) is 1.11. The van der Waals surface area contributed by atoms with Crippen LogP contribution in [0.4, 0.5) is 0 Å². The molecule has 1 rings (SSSR count). The molecule has 4 heteroatoms. The van der Waals surface area contributed by atoms with E-state index in [1.807, 2.05) is 0 Å². The van der Waals surface area contributed by atoms with Crippen LogP contribution in [0.3, 0.4) is 0 Å². The third-order valence-corrected chi connectivity index (χ3v) is 3.98. The predicted molar refractivity (Wildman–Crippen MR) is 58.9 cm³/mol. The SMILES string of the molecule is CS(=O)(=O)CCCC(N)CC1CCC1. The summed E-state index contributed by atoms with van der Waals surface area (Å²) in [4.78, 5) is 0. The van der Waals surface area contributed by atoms with Crippen molar-refractivity contribution >= 4 is 9.84 Å². The molecule has 1 saturated carbocycles. The molecule has 1 unspecified atom stereocenters. The Labute approximate surface area is 87.0 Å². The van der Waals surface area contributed by atoms with Crippen molar-refractivity contribution in [2.75, 3.05) is 12.0 Å². The molecule has 0 heterocycles. The van der Waals surface area contributed by atoms with Crippen molar-refractivity contribution in [3.63, 3.8) is 0 Å². The largest absolute Gasteiger partial charge is 0.328 e. The van der Waals surface area contributed by atoms with Crippen LogP contribution in [0, 0.1) is 5.92 Å². The highest BCUT2D eigenvalue weighted by Gasteiger charge is 2.20. The van der Waals surface area contributed by atoms with Crippen molar-refractivity contribution in [2.24, 2.45) is 11.7 Å². The van der Waals surface area contributed by atoms with Crippen LogP contribution < -0.4 is 5.73 Å². The zero-order valence-electron chi connectivity index (χ0n) is 8.91. The van der Waals surface area contributed by atoms with E-state index in [9.17, 15) is 8.42 Å². The maximum atomic E-state index is 10.9. The van der Waals surface area contributed by atoms with E-state index in [-0.39, 0.29) is 11.8 Å². The van der Waals surface area contributed by atoms with Gasteiger partial charge < -0.3 is 5.73 Å². The van der Waals surface area contributed by atoms with Crippen molar-refractivity contribution in [2.45, 2.75) is 44.6 Å². The van der Waals surface area contributed by atoms with Gasteiger partial charge in [-0.2, -0.15) is 0 Å². The smallest absolute Gasteiger partial charge is 0.147 e. The second-order valence-corrected chi connectivity index (χ2v) is 6.82. The van der Waals surface area contributed by atoms with Crippen molar-refractivity contribution in [1.29, 1.82) is 0 Å². The Morgan fingerprint density at radius 2 is 2.07 bits per heavy atom. The first-order valence-electron chi connectivity index (χ1n) is 5.40. The van der Waals surface area contributed by atoms with Gasteiger partial charge in [-0.25, -0.2) is 8.42 Å². The lowest BCUT2D eigenvalue weighted by Gasteiger charge is -2.27. The molecule has 0 spiro atoms. The van der Waals surface area contributed by atoms with Crippen LogP contribution in [-0.4, -0.2) is 26.5 Å². The first kappa shape index (κ1) is 12.0. The average molecular weight is 219 g/mol. The number of sulfone groups is 1. The second kappa shape index (κ2) is 5.12. The van der Waals surface area contributed by atoms with Gasteiger partial charge in [-0.3, -0.25) is 0 Å². The molecule has 3 nitrogen and oxygen atoms in total. The zero-order valence-corrected chi connectivity index (χ0v) is 9.72. The fourth-order valence-corrected chi connectivity index (χ4v) is 2.57. The van der Waals surface area contributed by atoms with E-state index < -0.39 is 9.84 Å². The highest BCUT2D eigenvalue weighted by molar-refractivity contribution is 7.90. The Balaban J connectivity index is 2.05. The van der Waals surface area contributed by atoms with Gasteiger partial charge in [0.1, 0.15) is 9.84 Å². The lowest BCUT2D eigenvalue weighted by Crippen LogP contribution is -2.27. The van der Waals surface area contributed by atoms with Crippen LogP contribution >= 0.6 is 0 Å². The molecule has 1 aliphatic rings. The number of hydrogen-bond donors (Lipinski definition) is 1. The highest BCUT2D eigenvalue weighted by Crippen LogP contribution is 2.30. The monoisotopic (exact) mass is 219 g/mol. The molecule has 0 aliphatic heterocycles. The quantitative estimate of drug-likeness (QED) is 0.733. The van der Waals surface area contributed by atoms with Crippen LogP contribution in [0.5, 0.6) is 0 Å². The minimum absolute atomic E-state index is 0.210. The molecule has 0 radical (unpaired) electrons. The first-order valence-corrected chi connectivity index (χ1v) is 7.47. The van der Waals surface area contributed by atoms with Crippen LogP contribution in [-0.2, 0) is 9.84 Å². The molecule has 84 valence electrons. The Bertz CT molecular complexity index is 257. The Morgan fingerprint density at radius 3 is 2.50 bits per heavy atom. The van der Waals surface area contributed by atoms with E-state index in [2.05, 4.69) is 0 Å². The summed E-state index contributed by atoms with van der Waals surface area (Å²) in [5, 5.41) is 0. The number of nitrogens with two attached hydrogens (primary N) is 1. The first-order chi connectivity index (χ1) is 6.47. The van der Waals surface area contributed by atoms with E-state index in [1.165, 1.54) is 25.5 Å². The van der Waals surface area contributed by atoms with Gasteiger partial charge in [0.05, 0.1) is 0 Å². The maximum Gasteiger partial charge on any atom is 0.147 e. The lowest BCUT2D eigenvalue weighted by molar-refractivity contribution is 0.271. The minimum atomic E-state index is -2.80. The molecule has 0 amide bonds. The molecule has 0 aromatic rings. The summed E-state index contributed by atoms with van der Waals surface area (Å²) in [5.41, 5.74) is 5.92. The number of rotatable bonds is 6. The molecule has 0 bridgehead atoms. The van der Waals surface area contributed by atoms with Gasteiger partial charge in [0.25, 0.3) is 0 Å². The van der Waals surface area contributed by atoms with Gasteiger partial charge in [-0.05, 0) is 25.2 Å². The van der Waals surface area contributed by atoms with Gasteiger partial charge in [-0.1, -0.05) is 19.3 Å². The zero-order chi connectivity index (χ0) is 10.6. The van der Waals surface area contributed by atoms with Crippen molar-refractivity contribution < 1.29 is 8.42 Å². The van der Waals surface area contributed by atoms with Crippen molar-refractivity contribution in [3.05, 3.63) is 0 Å². The van der Waals surface area contributed by atoms with Crippen molar-refractivity contribution in [3.8, 4) is 0 Å². The predicted octanol–water partition coefficient (Wildman–Crippen LogP) is 1.33. The summed E-state index contributed by atoms with van der Waals surface area (Å²) >= 11 is 0. The van der Waals surface area contributed by atoms with E-state index >= 15 is 0 Å². The fourth-order valence-electron chi connectivity index (χ4n) is 1.88. The van der Waals surface area contributed by atoms with Crippen molar-refractivity contribution in [1.82, 2.24) is 0 Å². The van der Waals surface area contributed by atoms with Crippen LogP contribution in [0.25, 0.3) is 0 Å². The Kier molecular flexibility index (Phi) is 4.38. The van der Waals surface area contributed by atoms with Crippen LogP contribution in [0.1, 0.15) is 38.5 Å². The molecule has 0 aromatic heterocycles. The molecule has 14 heavy (non-hydrogen) atoms. The Hall–Kier alpha value is -0.0900. The molecule has 0 aromatic carbocycles. The fraction of sp³-hybridized carbons (Fsp3) is 1.00. The van der Waals surface area contributed by atoms with Crippen LogP contribution in [0.15, 0.2) is 0 Å². The standard InChI is InChI=1S/C10H21NO2S/c1-14(12,13)7-3-6-10(11)8-9-4-2-5-9/h9-10H,2-8,11H2,1H3. The average Bonchev–Trinajstić information content (AvgIpc) is 1.94. The molecule has 2 N–H and O–H groups in total. The summed E-state index contributed by atoms with van der Waals surface area (Å²) in [7, 11) is -2.80. The summed E-state index contributed by atoms with van der Waals surface area (Å²) in [6.45, 7) is 0. The van der Waals surface area contributed by atoms with E-state index in [0.717, 1.165) is 18.8 Å². The van der Waals surface area contributed by atoms with E-state index in [0.29, 0.717) is 6.42 Å². The van der Waals surface area contributed by atoms with Gasteiger partial charge in [0.15, 0.2) is 0 Å². The van der Waals surface area contributed by atoms with Gasteiger partial charge >= 0.3 is 0 Å². The summed E-state index contributed by atoms with van der Waals surface area (Å²) < 4.78 is 21.7. The normalized spacial score (nSPS) is 20.4. The summed E-state index contributed by atoms with van der Waals surface area (Å²) in [6, 6.07) is 0.210. The lowest BCUT2D eigenvalue weighted by atomic mass is 9.80. The third-order valence-electron chi connectivity index (χ3n) is 2.95. The molecule has 1 aliphatic carbocycles. The molecular weight excluding hydrogens is 198 g/mol. The second-order valence-electron chi connectivity index (χ2n) is 4.56. The maximum absolute atomic E-state index is 10.9. The molecule has 1 fully saturated rings. The highest BCUT2D eigenvalue weighted by atomic mass is 32.2. The number of hydrogen-bond acceptors (Lipinski definition) is 3. The third kappa shape index (κ3) is 4.96. The van der Waals surface area contributed by atoms with Gasteiger partial charge in [0, 0.05) is 18.1 Å². The Morgan fingerprint density at radius 1 is 1.43 bits per heavy atom. The van der Waals surface area contributed by atoms with Gasteiger partial charge in [0.2, 0.25) is 0 Å². The van der Waals surface area contributed by atoms with E-state index in [1.54, 1.807) is 0 Å². The molecule has 0 saturated heterocycles. The van der Waals surface area contributed by atoms with E-state index in [4.69, 9.17) is 5.73 Å². The van der Waals surface area contributed by atoms with Gasteiger partial charge in [-0.15, -0.1) is 0 Å². The molecule has 1 atom stereocenters. The van der Waals surface area contributed by atoms with Crippen LogP contribution in [0.2, 0.25) is 0 Å².